The summed E-state index contributed by atoms with van der Waals surface area (Å²) in [6.07, 6.45) is 2.37. The molecule has 0 aliphatic carbocycles. The number of fused-ring (bicyclic) bond motifs is 2. The Hall–Kier alpha value is -2.37. The molecular weight excluding hydrogens is 280 g/mol. The Morgan fingerprint density at radius 2 is 2.05 bits per heavy atom. The Labute approximate surface area is 129 Å². The van der Waals surface area contributed by atoms with Crippen molar-refractivity contribution in [3.8, 4) is 22.8 Å². The molecule has 2 bridgehead atoms. The normalized spacial score (nSPS) is 16.9. The van der Waals surface area contributed by atoms with E-state index >= 15 is 0 Å². The predicted octanol–water partition coefficient (Wildman–Crippen LogP) is 2.08. The van der Waals surface area contributed by atoms with Crippen LogP contribution in [0.2, 0.25) is 0 Å². The van der Waals surface area contributed by atoms with E-state index in [1.807, 2.05) is 17.8 Å². The van der Waals surface area contributed by atoms with E-state index in [0.717, 1.165) is 24.3 Å². The number of anilines is 2. The molecular formula is C16H20N4O2. The van der Waals surface area contributed by atoms with Crippen molar-refractivity contribution < 1.29 is 9.84 Å². The number of ether oxygens (including phenoxy) is 1. The molecule has 22 heavy (non-hydrogen) atoms. The van der Waals surface area contributed by atoms with Crippen LogP contribution in [0.4, 0.5) is 11.4 Å². The number of aromatic nitrogens is 2. The van der Waals surface area contributed by atoms with Gasteiger partial charge in [-0.2, -0.15) is 5.10 Å². The van der Waals surface area contributed by atoms with Gasteiger partial charge in [-0.15, -0.1) is 0 Å². The lowest BCUT2D eigenvalue weighted by Gasteiger charge is -2.39. The number of methoxy groups -OCH3 is 1. The maximum absolute atomic E-state index is 9.95. The number of nitrogen functional groups attached to an aromatic ring is 1. The highest BCUT2D eigenvalue weighted by Crippen LogP contribution is 2.48. The maximum atomic E-state index is 9.95. The van der Waals surface area contributed by atoms with Gasteiger partial charge in [0, 0.05) is 31.6 Å². The van der Waals surface area contributed by atoms with Crippen LogP contribution in [-0.2, 0) is 7.05 Å². The molecule has 3 N–H and O–H groups in total. The van der Waals surface area contributed by atoms with Gasteiger partial charge < -0.3 is 20.5 Å². The number of nitrogens with zero attached hydrogens (tertiary/aromatic N) is 3. The molecule has 0 saturated carbocycles. The standard InChI is InChI=1S/C16H20N4O2/c1-19-14(10-7-11(17)16(21)12(8-10)22-2)15-13(18-19)9-3-5-20(15)6-4-9/h7-9,21H,3-6,17H2,1-2H3. The highest BCUT2D eigenvalue weighted by molar-refractivity contribution is 5.83. The average Bonchev–Trinajstić information content (AvgIpc) is 2.90. The lowest BCUT2D eigenvalue weighted by molar-refractivity contribution is 0.375. The third kappa shape index (κ3) is 1.70. The topological polar surface area (TPSA) is 76.5 Å². The number of piperidine rings is 1. The molecule has 6 heteroatoms. The first-order valence-corrected chi connectivity index (χ1v) is 7.59. The monoisotopic (exact) mass is 300 g/mol. The fourth-order valence-electron chi connectivity index (χ4n) is 3.74. The zero-order valence-electron chi connectivity index (χ0n) is 12.8. The molecule has 1 aromatic heterocycles. The van der Waals surface area contributed by atoms with Crippen LogP contribution in [0.5, 0.6) is 11.5 Å². The van der Waals surface area contributed by atoms with E-state index < -0.39 is 0 Å². The van der Waals surface area contributed by atoms with E-state index in [9.17, 15) is 5.11 Å². The first-order valence-electron chi connectivity index (χ1n) is 7.59. The van der Waals surface area contributed by atoms with Crippen molar-refractivity contribution in [3.05, 3.63) is 17.8 Å². The van der Waals surface area contributed by atoms with Gasteiger partial charge in [0.15, 0.2) is 11.5 Å². The third-order valence-electron chi connectivity index (χ3n) is 4.84. The highest BCUT2D eigenvalue weighted by atomic mass is 16.5. The number of hydrogen-bond acceptors (Lipinski definition) is 5. The van der Waals surface area contributed by atoms with Crippen LogP contribution in [0.25, 0.3) is 11.3 Å². The SMILES string of the molecule is COc1cc(-c2c3c(nn2C)C2CCN3CC2)cc(N)c1O. The molecule has 0 amide bonds. The summed E-state index contributed by atoms with van der Waals surface area (Å²) >= 11 is 0. The van der Waals surface area contributed by atoms with Crippen LogP contribution in [0.1, 0.15) is 24.5 Å². The number of aryl methyl sites for hydroxylation is 1. The molecule has 3 aliphatic rings. The highest BCUT2D eigenvalue weighted by Gasteiger charge is 2.36. The van der Waals surface area contributed by atoms with Gasteiger partial charge in [-0.05, 0) is 25.0 Å². The zero-order valence-corrected chi connectivity index (χ0v) is 12.8. The number of benzene rings is 1. The molecule has 1 aromatic carbocycles. The molecule has 0 radical (unpaired) electrons. The Morgan fingerprint density at radius 1 is 1.32 bits per heavy atom. The zero-order chi connectivity index (χ0) is 15.4. The molecule has 0 atom stereocenters. The predicted molar refractivity (Wildman–Crippen MR) is 85.5 cm³/mol. The maximum Gasteiger partial charge on any atom is 0.181 e. The van der Waals surface area contributed by atoms with Crippen molar-refractivity contribution in [1.29, 1.82) is 0 Å². The average molecular weight is 300 g/mol. The molecule has 1 fully saturated rings. The summed E-state index contributed by atoms with van der Waals surface area (Å²) in [5, 5.41) is 14.7. The van der Waals surface area contributed by atoms with E-state index in [2.05, 4.69) is 4.90 Å². The van der Waals surface area contributed by atoms with Gasteiger partial charge in [0.1, 0.15) is 0 Å². The fraction of sp³-hybridized carbons (Fsp3) is 0.438. The Kier molecular flexibility index (Phi) is 2.76. The van der Waals surface area contributed by atoms with Gasteiger partial charge in [-0.3, -0.25) is 4.68 Å². The fourth-order valence-corrected chi connectivity index (χ4v) is 3.74. The van der Waals surface area contributed by atoms with Crippen molar-refractivity contribution >= 4 is 11.4 Å². The molecule has 0 unspecified atom stereocenters. The molecule has 1 saturated heterocycles. The van der Waals surface area contributed by atoms with Crippen LogP contribution in [0.3, 0.4) is 0 Å². The van der Waals surface area contributed by atoms with Crippen LogP contribution in [-0.4, -0.2) is 35.1 Å². The van der Waals surface area contributed by atoms with Gasteiger partial charge in [0.25, 0.3) is 0 Å². The van der Waals surface area contributed by atoms with E-state index in [-0.39, 0.29) is 5.75 Å². The lowest BCUT2D eigenvalue weighted by Crippen LogP contribution is -2.38. The second-order valence-electron chi connectivity index (χ2n) is 6.08. The molecule has 4 heterocycles. The number of phenols is 1. The van der Waals surface area contributed by atoms with Crippen LogP contribution >= 0.6 is 0 Å². The first-order chi connectivity index (χ1) is 10.6. The third-order valence-corrected chi connectivity index (χ3v) is 4.84. The smallest absolute Gasteiger partial charge is 0.181 e. The van der Waals surface area contributed by atoms with Crippen LogP contribution < -0.4 is 15.4 Å². The minimum atomic E-state index is -0.0101. The van der Waals surface area contributed by atoms with Gasteiger partial charge in [-0.25, -0.2) is 0 Å². The van der Waals surface area contributed by atoms with Crippen molar-refractivity contribution in [2.45, 2.75) is 18.8 Å². The number of nitrogens with two attached hydrogens (primary N) is 1. The molecule has 2 aromatic rings. The Balaban J connectivity index is 1.93. The summed E-state index contributed by atoms with van der Waals surface area (Å²) in [6, 6.07) is 3.62. The second-order valence-corrected chi connectivity index (χ2v) is 6.08. The van der Waals surface area contributed by atoms with E-state index in [0.29, 0.717) is 17.4 Å². The molecule has 3 aliphatic heterocycles. The largest absolute Gasteiger partial charge is 0.503 e. The molecule has 6 nitrogen and oxygen atoms in total. The van der Waals surface area contributed by atoms with E-state index in [1.165, 1.54) is 31.3 Å². The van der Waals surface area contributed by atoms with Gasteiger partial charge in [0.2, 0.25) is 0 Å². The summed E-state index contributed by atoms with van der Waals surface area (Å²) < 4.78 is 7.16. The van der Waals surface area contributed by atoms with Crippen molar-refractivity contribution in [2.75, 3.05) is 30.8 Å². The second kappa shape index (κ2) is 4.56. The Bertz CT molecular complexity index is 745. The van der Waals surface area contributed by atoms with Crippen molar-refractivity contribution in [3.63, 3.8) is 0 Å². The summed E-state index contributed by atoms with van der Waals surface area (Å²) in [7, 11) is 3.49. The molecule has 0 spiro atoms. The minimum absolute atomic E-state index is 0.0101. The van der Waals surface area contributed by atoms with Gasteiger partial charge in [0.05, 0.1) is 29.9 Å². The van der Waals surface area contributed by atoms with Gasteiger partial charge >= 0.3 is 0 Å². The van der Waals surface area contributed by atoms with Crippen molar-refractivity contribution in [2.24, 2.45) is 7.05 Å². The minimum Gasteiger partial charge on any atom is -0.503 e. The summed E-state index contributed by atoms with van der Waals surface area (Å²) in [6.45, 7) is 2.17. The summed E-state index contributed by atoms with van der Waals surface area (Å²) in [4.78, 5) is 2.41. The number of phenolic OH excluding ortho intramolecular Hbond substituents is 1. The van der Waals surface area contributed by atoms with Crippen molar-refractivity contribution in [1.82, 2.24) is 9.78 Å². The van der Waals surface area contributed by atoms with Gasteiger partial charge in [-0.1, -0.05) is 0 Å². The van der Waals surface area contributed by atoms with Crippen LogP contribution in [0.15, 0.2) is 12.1 Å². The molecule has 5 rings (SSSR count). The van der Waals surface area contributed by atoms with Crippen LogP contribution in [0, 0.1) is 0 Å². The number of hydrogen-bond donors (Lipinski definition) is 2. The summed E-state index contributed by atoms with van der Waals surface area (Å²) in [5.74, 6) is 0.946. The lowest BCUT2D eigenvalue weighted by atomic mass is 9.86. The Morgan fingerprint density at radius 3 is 2.73 bits per heavy atom. The van der Waals surface area contributed by atoms with E-state index in [1.54, 1.807) is 6.07 Å². The number of aromatic hydroxyl groups is 1. The quantitative estimate of drug-likeness (QED) is 0.656. The molecule has 116 valence electrons. The summed E-state index contributed by atoms with van der Waals surface area (Å²) in [5.41, 5.74) is 10.6. The first kappa shape index (κ1) is 13.3. The number of rotatable bonds is 2. The van der Waals surface area contributed by atoms with E-state index in [4.69, 9.17) is 15.6 Å².